The van der Waals surface area contributed by atoms with Crippen molar-refractivity contribution in [3.05, 3.63) is 29.8 Å². The van der Waals surface area contributed by atoms with Gasteiger partial charge in [-0.2, -0.15) is 0 Å². The van der Waals surface area contributed by atoms with Crippen LogP contribution in [-0.2, 0) is 20.7 Å². The Bertz CT molecular complexity index is 972. The first-order valence-corrected chi connectivity index (χ1v) is 14.1. The van der Waals surface area contributed by atoms with Crippen LogP contribution >= 0.6 is 0 Å². The minimum absolute atomic E-state index is 0.0440. The molecule has 0 saturated carbocycles. The van der Waals surface area contributed by atoms with Crippen molar-refractivity contribution in [2.24, 2.45) is 4.99 Å². The number of alkyl carbamates (subject to hydrolysis) is 2. The maximum atomic E-state index is 12.2. The monoisotopic (exact) mass is 578 g/mol. The van der Waals surface area contributed by atoms with Crippen LogP contribution in [0.1, 0.15) is 93.6 Å². The Hall–Kier alpha value is -3.34. The van der Waals surface area contributed by atoms with Crippen LogP contribution < -0.4 is 20.7 Å². The summed E-state index contributed by atoms with van der Waals surface area (Å²) in [7, 11) is 0. The lowest BCUT2D eigenvalue weighted by Crippen LogP contribution is -2.47. The summed E-state index contributed by atoms with van der Waals surface area (Å²) in [5, 5.41) is 17.7. The second-order valence-corrected chi connectivity index (χ2v) is 12.8. The molecule has 11 heteroatoms. The van der Waals surface area contributed by atoms with Gasteiger partial charge in [0.05, 0.1) is 0 Å². The number of carbonyl (C=O) groups excluding carboxylic acids is 2. The number of guanidine groups is 1. The number of ether oxygens (including phenoxy) is 3. The molecule has 0 radical (unpaired) electrons. The van der Waals surface area contributed by atoms with Gasteiger partial charge in [-0.05, 0) is 106 Å². The topological polar surface area (TPSA) is 148 Å². The van der Waals surface area contributed by atoms with Gasteiger partial charge in [-0.15, -0.1) is 0 Å². The molecule has 0 saturated heterocycles. The molecule has 0 heterocycles. The van der Waals surface area contributed by atoms with Crippen molar-refractivity contribution < 1.29 is 33.7 Å². The van der Waals surface area contributed by atoms with Crippen molar-refractivity contribution in [3.63, 3.8) is 0 Å². The number of nitrogens with one attached hydrogen (secondary N) is 3. The average Bonchev–Trinajstić information content (AvgIpc) is 2.77. The fourth-order valence-corrected chi connectivity index (χ4v) is 3.50. The number of aliphatic carboxylic acids is 1. The number of carbonyl (C=O) groups is 3. The molecule has 0 bridgehead atoms. The highest BCUT2D eigenvalue weighted by Crippen LogP contribution is 2.19. The van der Waals surface area contributed by atoms with Gasteiger partial charge < -0.3 is 24.6 Å². The Morgan fingerprint density at radius 2 is 1.29 bits per heavy atom. The molecule has 4 N–H and O–H groups in total. The summed E-state index contributed by atoms with van der Waals surface area (Å²) in [5.41, 5.74) is -0.796. The number of carboxylic acid groups (broad SMARTS) is 1. The van der Waals surface area contributed by atoms with Crippen LogP contribution in [0.15, 0.2) is 29.3 Å². The number of amides is 2. The fourth-order valence-electron chi connectivity index (χ4n) is 3.50. The number of hydrogen-bond donors (Lipinski definition) is 4. The molecule has 1 aromatic carbocycles. The van der Waals surface area contributed by atoms with Gasteiger partial charge >= 0.3 is 18.2 Å². The summed E-state index contributed by atoms with van der Waals surface area (Å²) in [6, 6.07) is 6.82. The lowest BCUT2D eigenvalue weighted by molar-refractivity contribution is -0.139. The quantitative estimate of drug-likeness (QED) is 0.146. The number of benzene rings is 1. The molecule has 0 unspecified atom stereocenters. The molecule has 1 rings (SSSR count). The number of carboxylic acids is 1. The molecule has 0 spiro atoms. The average molecular weight is 579 g/mol. The number of nitrogens with zero attached hydrogens (tertiary/aromatic N) is 1. The molecule has 2 amide bonds. The van der Waals surface area contributed by atoms with Gasteiger partial charge in [-0.1, -0.05) is 25.0 Å². The van der Waals surface area contributed by atoms with E-state index in [1.54, 1.807) is 41.5 Å². The van der Waals surface area contributed by atoms with Crippen LogP contribution in [0, 0.1) is 0 Å². The minimum atomic E-state index is -0.892. The van der Waals surface area contributed by atoms with Crippen LogP contribution in [-0.4, -0.2) is 65.2 Å². The number of rotatable bonds is 12. The van der Waals surface area contributed by atoms with Crippen LogP contribution in [0.5, 0.6) is 5.75 Å². The number of aliphatic imine (C=N–C) groups is 1. The first-order valence-electron chi connectivity index (χ1n) is 14.1. The van der Waals surface area contributed by atoms with Gasteiger partial charge in [0.2, 0.25) is 5.96 Å². The molecular weight excluding hydrogens is 528 g/mol. The van der Waals surface area contributed by atoms with Crippen molar-refractivity contribution in [2.75, 3.05) is 13.1 Å². The second-order valence-electron chi connectivity index (χ2n) is 12.8. The molecule has 11 nitrogen and oxygen atoms in total. The van der Waals surface area contributed by atoms with E-state index in [2.05, 4.69) is 20.9 Å². The zero-order valence-electron chi connectivity index (χ0n) is 26.2. The molecule has 0 aliphatic carbocycles. The summed E-state index contributed by atoms with van der Waals surface area (Å²) >= 11 is 0. The van der Waals surface area contributed by atoms with E-state index >= 15 is 0 Å². The third-order valence-electron chi connectivity index (χ3n) is 5.07. The van der Waals surface area contributed by atoms with E-state index in [1.807, 2.05) is 45.0 Å². The Morgan fingerprint density at radius 1 is 0.780 bits per heavy atom. The van der Waals surface area contributed by atoms with E-state index in [0.29, 0.717) is 25.9 Å². The standard InChI is InChI=1S/C30H50N4O7/c1-28(2,3)39-22-16-14-21(15-17-22)20-23(24(35)36)31-18-12-10-11-13-19-32-25(33-26(37)40-29(4,5)6)34-27(38)41-30(7,8)9/h14-17,23,31H,10-13,18-20H2,1-9H3,(H,35,36)(H2,32,33,34,37,38)/t23-/m0/s1. The Morgan fingerprint density at radius 3 is 1.76 bits per heavy atom. The first kappa shape index (κ1) is 35.7. The predicted molar refractivity (Wildman–Crippen MR) is 159 cm³/mol. The molecule has 0 aliphatic rings. The Labute approximate surface area is 244 Å². The van der Waals surface area contributed by atoms with E-state index in [0.717, 1.165) is 30.6 Å². The maximum absolute atomic E-state index is 12.2. The molecule has 232 valence electrons. The van der Waals surface area contributed by atoms with Crippen LogP contribution in [0.2, 0.25) is 0 Å². The molecule has 0 aliphatic heterocycles. The van der Waals surface area contributed by atoms with Crippen LogP contribution in [0.4, 0.5) is 9.59 Å². The molecule has 1 aromatic rings. The molecule has 0 aromatic heterocycles. The lowest BCUT2D eigenvalue weighted by atomic mass is 10.1. The number of unbranched alkanes of at least 4 members (excludes halogenated alkanes) is 3. The summed E-state index contributed by atoms with van der Waals surface area (Å²) in [4.78, 5) is 40.4. The highest BCUT2D eigenvalue weighted by molar-refractivity contribution is 6.01. The predicted octanol–water partition coefficient (Wildman–Crippen LogP) is 5.42. The zero-order valence-corrected chi connectivity index (χ0v) is 26.2. The van der Waals surface area contributed by atoms with Crippen molar-refractivity contribution >= 4 is 24.1 Å². The third kappa shape index (κ3) is 18.6. The van der Waals surface area contributed by atoms with E-state index in [4.69, 9.17) is 14.2 Å². The SMILES string of the molecule is CC(C)(C)OC(=O)NC(=NCCCCCCN[C@@H](Cc1ccc(OC(C)(C)C)cc1)C(=O)O)NC(=O)OC(C)(C)C. The summed E-state index contributed by atoms with van der Waals surface area (Å²) in [6.45, 7) is 17.3. The smallest absolute Gasteiger partial charge is 0.414 e. The van der Waals surface area contributed by atoms with Gasteiger partial charge in [0, 0.05) is 6.54 Å². The Balaban J connectivity index is 2.50. The zero-order chi connectivity index (χ0) is 31.3. The molecular formula is C30H50N4O7. The normalized spacial score (nSPS) is 12.6. The van der Waals surface area contributed by atoms with Crippen molar-refractivity contribution in [3.8, 4) is 5.75 Å². The first-order chi connectivity index (χ1) is 18.8. The third-order valence-corrected chi connectivity index (χ3v) is 5.07. The van der Waals surface area contributed by atoms with Crippen molar-refractivity contribution in [1.82, 2.24) is 16.0 Å². The van der Waals surface area contributed by atoms with Gasteiger partial charge in [0.25, 0.3) is 0 Å². The van der Waals surface area contributed by atoms with E-state index in [1.165, 1.54) is 0 Å². The minimum Gasteiger partial charge on any atom is -0.488 e. The highest BCUT2D eigenvalue weighted by atomic mass is 16.6. The van der Waals surface area contributed by atoms with Crippen molar-refractivity contribution in [1.29, 1.82) is 0 Å². The van der Waals surface area contributed by atoms with Crippen LogP contribution in [0.3, 0.4) is 0 Å². The van der Waals surface area contributed by atoms with E-state index < -0.39 is 35.4 Å². The van der Waals surface area contributed by atoms with Gasteiger partial charge in [0.15, 0.2) is 0 Å². The number of hydrogen-bond acceptors (Lipinski definition) is 8. The van der Waals surface area contributed by atoms with Crippen molar-refractivity contribution in [2.45, 2.75) is 117 Å². The lowest BCUT2D eigenvalue weighted by Gasteiger charge is -2.22. The Kier molecular flexibility index (Phi) is 14.1. The van der Waals surface area contributed by atoms with E-state index in [9.17, 15) is 19.5 Å². The molecule has 1 atom stereocenters. The molecule has 41 heavy (non-hydrogen) atoms. The second kappa shape index (κ2) is 16.2. The fraction of sp³-hybridized carbons (Fsp3) is 0.667. The maximum Gasteiger partial charge on any atom is 0.414 e. The summed E-state index contributed by atoms with van der Waals surface area (Å²) in [6.07, 6.45) is 2.11. The molecule has 0 fully saturated rings. The largest absolute Gasteiger partial charge is 0.488 e. The van der Waals surface area contributed by atoms with E-state index in [-0.39, 0.29) is 11.6 Å². The van der Waals surface area contributed by atoms with Gasteiger partial charge in [-0.3, -0.25) is 20.4 Å². The summed E-state index contributed by atoms with van der Waals surface area (Å²) < 4.78 is 16.3. The highest BCUT2D eigenvalue weighted by Gasteiger charge is 2.21. The summed E-state index contributed by atoms with van der Waals surface area (Å²) in [5.74, 6) is -0.187. The van der Waals surface area contributed by atoms with Gasteiger partial charge in [0.1, 0.15) is 28.6 Å². The van der Waals surface area contributed by atoms with Gasteiger partial charge in [-0.25, -0.2) is 9.59 Å². The van der Waals surface area contributed by atoms with Crippen LogP contribution in [0.25, 0.3) is 0 Å².